The maximum atomic E-state index is 12.4. The molecule has 4 heteroatoms. The molecule has 1 amide bonds. The first kappa shape index (κ1) is 18.0. The maximum absolute atomic E-state index is 12.4. The summed E-state index contributed by atoms with van der Waals surface area (Å²) in [4.78, 5) is 16.8. The molecule has 0 saturated heterocycles. The lowest BCUT2D eigenvalue weighted by Crippen LogP contribution is -2.14. The predicted octanol–water partition coefficient (Wildman–Crippen LogP) is 4.83. The monoisotopic (exact) mass is 326 g/mol. The third-order valence-corrected chi connectivity index (χ3v) is 3.90. The second-order valence-corrected chi connectivity index (χ2v) is 6.08. The van der Waals surface area contributed by atoms with Crippen molar-refractivity contribution in [3.8, 4) is 5.75 Å². The van der Waals surface area contributed by atoms with Gasteiger partial charge in [0.25, 0.3) is 5.91 Å². The number of hydrogen-bond donors (Lipinski definition) is 1. The van der Waals surface area contributed by atoms with Crippen LogP contribution in [0.15, 0.2) is 30.3 Å². The smallest absolute Gasteiger partial charge is 0.255 e. The van der Waals surface area contributed by atoms with Gasteiger partial charge in [-0.15, -0.1) is 0 Å². The zero-order chi connectivity index (χ0) is 17.5. The molecule has 0 radical (unpaired) electrons. The summed E-state index contributed by atoms with van der Waals surface area (Å²) >= 11 is 0. The number of aryl methyl sites for hydroxylation is 3. The van der Waals surface area contributed by atoms with Crippen LogP contribution in [0.5, 0.6) is 5.75 Å². The third-order valence-electron chi connectivity index (χ3n) is 3.90. The molecule has 1 N–H and O–H groups in total. The van der Waals surface area contributed by atoms with E-state index >= 15 is 0 Å². The predicted molar refractivity (Wildman–Crippen MR) is 97.9 cm³/mol. The number of ether oxygens (including phenoxy) is 1. The summed E-state index contributed by atoms with van der Waals surface area (Å²) < 4.78 is 5.67. The number of benzene rings is 1. The van der Waals surface area contributed by atoms with E-state index in [1.807, 2.05) is 39.0 Å². The Morgan fingerprint density at radius 2 is 1.83 bits per heavy atom. The summed E-state index contributed by atoms with van der Waals surface area (Å²) in [6, 6.07) is 9.23. The van der Waals surface area contributed by atoms with Crippen LogP contribution >= 0.6 is 0 Å². The highest BCUT2D eigenvalue weighted by Gasteiger charge is 2.11. The highest BCUT2D eigenvalue weighted by Crippen LogP contribution is 2.21. The number of rotatable bonds is 7. The third kappa shape index (κ3) is 4.82. The van der Waals surface area contributed by atoms with Gasteiger partial charge in [-0.05, 0) is 63.1 Å². The van der Waals surface area contributed by atoms with Crippen LogP contribution in [0, 0.1) is 20.8 Å². The Labute approximate surface area is 144 Å². The van der Waals surface area contributed by atoms with Gasteiger partial charge in [0.05, 0.1) is 18.0 Å². The topological polar surface area (TPSA) is 51.2 Å². The Kier molecular flexibility index (Phi) is 6.36. The van der Waals surface area contributed by atoms with Crippen LogP contribution in [-0.4, -0.2) is 17.5 Å². The Morgan fingerprint density at radius 1 is 1.12 bits per heavy atom. The molecular formula is C20H26N2O2. The van der Waals surface area contributed by atoms with Crippen molar-refractivity contribution in [1.82, 2.24) is 4.98 Å². The molecular weight excluding hydrogens is 300 g/mol. The van der Waals surface area contributed by atoms with Gasteiger partial charge >= 0.3 is 0 Å². The number of hydrogen-bond acceptors (Lipinski definition) is 3. The highest BCUT2D eigenvalue weighted by molar-refractivity contribution is 6.05. The molecule has 0 unspecified atom stereocenters. The minimum absolute atomic E-state index is 0.135. The minimum Gasteiger partial charge on any atom is -0.494 e. The fourth-order valence-electron chi connectivity index (χ4n) is 2.64. The molecule has 4 nitrogen and oxygen atoms in total. The van der Waals surface area contributed by atoms with Crippen molar-refractivity contribution in [2.24, 2.45) is 0 Å². The standard InChI is InChI=1S/C20H26N2O2/c1-5-6-7-12-24-18-10-8-17(9-11-18)20(23)22-19-14(2)13-15(3)21-16(19)4/h8-11,13H,5-7,12H2,1-4H3,(H,22,23). The first-order valence-electron chi connectivity index (χ1n) is 8.50. The second-order valence-electron chi connectivity index (χ2n) is 6.08. The van der Waals surface area contributed by atoms with Gasteiger partial charge in [0.15, 0.2) is 0 Å². The van der Waals surface area contributed by atoms with E-state index in [2.05, 4.69) is 17.2 Å². The van der Waals surface area contributed by atoms with Gasteiger partial charge in [-0.25, -0.2) is 0 Å². The number of carbonyl (C=O) groups is 1. The van der Waals surface area contributed by atoms with Gasteiger partial charge in [0.2, 0.25) is 0 Å². The van der Waals surface area contributed by atoms with Crippen LogP contribution in [0.1, 0.15) is 53.5 Å². The van der Waals surface area contributed by atoms with E-state index in [9.17, 15) is 4.79 Å². The lowest BCUT2D eigenvalue weighted by molar-refractivity contribution is 0.102. The normalized spacial score (nSPS) is 10.5. The number of nitrogens with zero attached hydrogens (tertiary/aromatic N) is 1. The molecule has 1 heterocycles. The van der Waals surface area contributed by atoms with Crippen molar-refractivity contribution in [2.75, 3.05) is 11.9 Å². The van der Waals surface area contributed by atoms with Crippen molar-refractivity contribution >= 4 is 11.6 Å². The molecule has 0 spiro atoms. The summed E-state index contributed by atoms with van der Waals surface area (Å²) in [6.07, 6.45) is 3.40. The van der Waals surface area contributed by atoms with Crippen LogP contribution in [0.2, 0.25) is 0 Å². The highest BCUT2D eigenvalue weighted by atomic mass is 16.5. The molecule has 128 valence electrons. The lowest BCUT2D eigenvalue weighted by Gasteiger charge is -2.12. The first-order chi connectivity index (χ1) is 11.5. The number of aromatic nitrogens is 1. The van der Waals surface area contributed by atoms with Crippen LogP contribution < -0.4 is 10.1 Å². The van der Waals surface area contributed by atoms with Crippen LogP contribution in [-0.2, 0) is 0 Å². The van der Waals surface area contributed by atoms with Gasteiger partial charge in [-0.2, -0.15) is 0 Å². The summed E-state index contributed by atoms with van der Waals surface area (Å²) in [5.41, 5.74) is 4.19. The number of carbonyl (C=O) groups excluding carboxylic acids is 1. The Morgan fingerprint density at radius 3 is 2.46 bits per heavy atom. The SMILES string of the molecule is CCCCCOc1ccc(C(=O)Nc2c(C)cc(C)nc2C)cc1. The molecule has 24 heavy (non-hydrogen) atoms. The van der Waals surface area contributed by atoms with E-state index in [1.54, 1.807) is 12.1 Å². The number of pyridine rings is 1. The lowest BCUT2D eigenvalue weighted by atomic mass is 10.1. The molecule has 0 aliphatic rings. The molecule has 0 aliphatic carbocycles. The maximum Gasteiger partial charge on any atom is 0.255 e. The zero-order valence-corrected chi connectivity index (χ0v) is 15.0. The molecule has 0 saturated carbocycles. The van der Waals surface area contributed by atoms with Gasteiger partial charge in [0, 0.05) is 11.3 Å². The summed E-state index contributed by atoms with van der Waals surface area (Å²) in [7, 11) is 0. The first-order valence-corrected chi connectivity index (χ1v) is 8.50. The number of nitrogens with one attached hydrogen (secondary N) is 1. The van der Waals surface area contributed by atoms with Gasteiger partial charge in [-0.3, -0.25) is 9.78 Å². The minimum atomic E-state index is -0.135. The molecule has 1 aromatic heterocycles. The van der Waals surface area contributed by atoms with Crippen molar-refractivity contribution in [3.05, 3.63) is 52.8 Å². The zero-order valence-electron chi connectivity index (χ0n) is 15.0. The van der Waals surface area contributed by atoms with E-state index in [4.69, 9.17) is 4.74 Å². The van der Waals surface area contributed by atoms with E-state index in [0.717, 1.165) is 34.8 Å². The second kappa shape index (κ2) is 8.48. The van der Waals surface area contributed by atoms with Gasteiger partial charge in [-0.1, -0.05) is 19.8 Å². The van der Waals surface area contributed by atoms with Gasteiger partial charge in [0.1, 0.15) is 5.75 Å². The van der Waals surface area contributed by atoms with Crippen molar-refractivity contribution in [2.45, 2.75) is 47.0 Å². The summed E-state index contributed by atoms with van der Waals surface area (Å²) in [6.45, 7) is 8.71. The average molecular weight is 326 g/mol. The molecule has 0 aliphatic heterocycles. The van der Waals surface area contributed by atoms with E-state index < -0.39 is 0 Å². The van der Waals surface area contributed by atoms with Crippen LogP contribution in [0.3, 0.4) is 0 Å². The Balaban J connectivity index is 2.00. The number of unbranched alkanes of at least 4 members (excludes halogenated alkanes) is 2. The summed E-state index contributed by atoms with van der Waals surface area (Å²) in [5.74, 6) is 0.663. The quantitative estimate of drug-likeness (QED) is 0.742. The fraction of sp³-hybridized carbons (Fsp3) is 0.400. The van der Waals surface area contributed by atoms with Crippen molar-refractivity contribution in [1.29, 1.82) is 0 Å². The van der Waals surface area contributed by atoms with E-state index in [-0.39, 0.29) is 5.91 Å². The molecule has 0 bridgehead atoms. The fourth-order valence-corrected chi connectivity index (χ4v) is 2.64. The molecule has 1 aromatic carbocycles. The Bertz CT molecular complexity index is 670. The summed E-state index contributed by atoms with van der Waals surface area (Å²) in [5, 5.41) is 2.96. The van der Waals surface area contributed by atoms with Crippen molar-refractivity contribution in [3.63, 3.8) is 0 Å². The number of anilines is 1. The molecule has 2 aromatic rings. The number of amides is 1. The van der Waals surface area contributed by atoms with Crippen molar-refractivity contribution < 1.29 is 9.53 Å². The Hall–Kier alpha value is -2.36. The van der Waals surface area contributed by atoms with E-state index in [0.29, 0.717) is 12.2 Å². The largest absolute Gasteiger partial charge is 0.494 e. The molecule has 2 rings (SSSR count). The van der Waals surface area contributed by atoms with E-state index in [1.165, 1.54) is 12.8 Å². The molecule has 0 atom stereocenters. The van der Waals surface area contributed by atoms with Crippen LogP contribution in [0.25, 0.3) is 0 Å². The van der Waals surface area contributed by atoms with Gasteiger partial charge < -0.3 is 10.1 Å². The van der Waals surface area contributed by atoms with Crippen LogP contribution in [0.4, 0.5) is 5.69 Å². The molecule has 0 fully saturated rings. The average Bonchev–Trinajstić information content (AvgIpc) is 2.55.